The van der Waals surface area contributed by atoms with E-state index in [0.717, 1.165) is 11.1 Å². The molecule has 0 aliphatic heterocycles. The summed E-state index contributed by atoms with van der Waals surface area (Å²) in [5.41, 5.74) is 2.50. The first-order valence-electron chi connectivity index (χ1n) is 13.6. The van der Waals surface area contributed by atoms with Gasteiger partial charge in [-0.2, -0.15) is 0 Å². The molecule has 0 radical (unpaired) electrons. The summed E-state index contributed by atoms with van der Waals surface area (Å²) in [6.45, 7) is 3.65. The number of halogens is 2. The zero-order chi connectivity index (χ0) is 30.9. The molecule has 6 nitrogen and oxygen atoms in total. The molecule has 224 valence electrons. The number of hydrogen-bond acceptors (Lipinski definition) is 6. The van der Waals surface area contributed by atoms with Crippen LogP contribution in [0.2, 0.25) is 10.0 Å². The topological polar surface area (TPSA) is 102 Å². The number of aryl methyl sites for hydroxylation is 2. The maximum atomic E-state index is 14.6. The summed E-state index contributed by atoms with van der Waals surface area (Å²) in [4.78, 5) is 0.000243. The van der Waals surface area contributed by atoms with Gasteiger partial charge >= 0.3 is 0 Å². The van der Waals surface area contributed by atoms with Gasteiger partial charge in [0.15, 0.2) is 29.5 Å². The van der Waals surface area contributed by atoms with Crippen molar-refractivity contribution in [2.24, 2.45) is 0 Å². The molecule has 2 aliphatic rings. The predicted octanol–water partition coefficient (Wildman–Crippen LogP) is 6.34. The highest BCUT2D eigenvalue weighted by molar-refractivity contribution is 7.99. The predicted molar refractivity (Wildman–Crippen MR) is 169 cm³/mol. The van der Waals surface area contributed by atoms with Crippen molar-refractivity contribution in [1.29, 1.82) is 0 Å². The summed E-state index contributed by atoms with van der Waals surface area (Å²) < 4.78 is 85.2. The second-order valence-corrected chi connectivity index (χ2v) is 18.6. The average molecular weight is 676 g/mol. The van der Waals surface area contributed by atoms with Crippen molar-refractivity contribution >= 4 is 52.7 Å². The molecule has 43 heavy (non-hydrogen) atoms. The molecule has 0 bridgehead atoms. The molecule has 0 N–H and O–H groups in total. The van der Waals surface area contributed by atoms with Gasteiger partial charge < -0.3 is 0 Å². The van der Waals surface area contributed by atoms with E-state index in [-0.39, 0.29) is 25.4 Å². The van der Waals surface area contributed by atoms with Crippen LogP contribution in [0, 0.1) is 13.8 Å². The Morgan fingerprint density at radius 2 is 0.907 bits per heavy atom. The van der Waals surface area contributed by atoms with E-state index >= 15 is 0 Å². The second-order valence-electron chi connectivity index (χ2n) is 11.3. The third-order valence-electron chi connectivity index (χ3n) is 8.47. The first-order valence-corrected chi connectivity index (χ1v) is 19.1. The van der Waals surface area contributed by atoms with E-state index in [9.17, 15) is 25.3 Å². The Bertz CT molecular complexity index is 2010. The molecule has 0 amide bonds. The van der Waals surface area contributed by atoms with Crippen molar-refractivity contribution in [1.82, 2.24) is 0 Å². The molecule has 4 aromatic carbocycles. The summed E-state index contributed by atoms with van der Waals surface area (Å²) in [7, 11) is -12.7. The monoisotopic (exact) mass is 674 g/mol. The van der Waals surface area contributed by atoms with Crippen LogP contribution in [0.4, 0.5) is 0 Å². The lowest BCUT2D eigenvalue weighted by Crippen LogP contribution is -2.24. The lowest BCUT2D eigenvalue weighted by atomic mass is 10.1. The molecular weight excluding hydrogens is 647 g/mol. The van der Waals surface area contributed by atoms with E-state index in [1.54, 1.807) is 60.7 Å². The van der Waals surface area contributed by atoms with E-state index in [1.165, 1.54) is 36.4 Å². The van der Waals surface area contributed by atoms with Gasteiger partial charge in [-0.15, -0.1) is 0 Å². The van der Waals surface area contributed by atoms with Gasteiger partial charge in [0.05, 0.1) is 30.8 Å². The molecule has 2 aliphatic carbocycles. The molecule has 11 heteroatoms. The number of sulfone groups is 3. The van der Waals surface area contributed by atoms with Crippen LogP contribution in [0.5, 0.6) is 0 Å². The van der Waals surface area contributed by atoms with Crippen molar-refractivity contribution in [3.63, 3.8) is 0 Å². The number of rotatable bonds is 8. The van der Waals surface area contributed by atoms with E-state index in [2.05, 4.69) is 0 Å². The van der Waals surface area contributed by atoms with Crippen LogP contribution < -0.4 is 0 Å². The van der Waals surface area contributed by atoms with Crippen LogP contribution in [-0.2, 0) is 29.5 Å². The maximum Gasteiger partial charge on any atom is 0.183 e. The molecular formula is C32H28Cl2O6S3. The summed E-state index contributed by atoms with van der Waals surface area (Å²) in [6, 6.07) is 25.8. The van der Waals surface area contributed by atoms with Gasteiger partial charge in [0.2, 0.25) is 0 Å². The summed E-state index contributed by atoms with van der Waals surface area (Å²) in [5.74, 6) is -1.94. The van der Waals surface area contributed by atoms with Crippen molar-refractivity contribution in [3.8, 4) is 0 Å². The Morgan fingerprint density at radius 1 is 0.488 bits per heavy atom. The lowest BCUT2D eigenvalue weighted by molar-refractivity contribution is 0.583. The number of benzene rings is 4. The third-order valence-corrected chi connectivity index (χ3v) is 16.6. The van der Waals surface area contributed by atoms with E-state index < -0.39 is 62.3 Å². The lowest BCUT2D eigenvalue weighted by Gasteiger charge is -2.08. The quantitative estimate of drug-likeness (QED) is 0.216. The van der Waals surface area contributed by atoms with Gasteiger partial charge in [-0.1, -0.05) is 95.0 Å². The van der Waals surface area contributed by atoms with Crippen LogP contribution in [0.25, 0.3) is 0 Å². The highest BCUT2D eigenvalue weighted by Crippen LogP contribution is 2.62. The van der Waals surface area contributed by atoms with Crippen molar-refractivity contribution in [3.05, 3.63) is 129 Å². The zero-order valence-electron chi connectivity index (χ0n) is 23.1. The van der Waals surface area contributed by atoms with Gasteiger partial charge in [0.25, 0.3) is 0 Å². The van der Waals surface area contributed by atoms with Crippen molar-refractivity contribution in [2.45, 2.75) is 56.5 Å². The first-order chi connectivity index (χ1) is 20.3. The first kappa shape index (κ1) is 30.3. The Morgan fingerprint density at radius 3 is 1.37 bits per heavy atom. The Hall–Kier alpha value is -2.69. The van der Waals surface area contributed by atoms with Gasteiger partial charge in [-0.05, 0) is 61.4 Å². The molecule has 2 fully saturated rings. The largest absolute Gasteiger partial charge is 0.228 e. The Labute approximate surface area is 262 Å². The van der Waals surface area contributed by atoms with E-state index in [0.29, 0.717) is 5.56 Å². The highest BCUT2D eigenvalue weighted by Gasteiger charge is 2.74. The average Bonchev–Trinajstić information content (AvgIpc) is 3.87. The molecule has 2 unspecified atom stereocenters. The normalized spacial score (nSPS) is 25.3. The summed E-state index contributed by atoms with van der Waals surface area (Å²) >= 11 is 13.0. The SMILES string of the molecule is Cc1ccc(S(=O)(=O)C2[C@@H](c3c(Cl)cccc3Cl)[C@@H]2S(=O)(=O)[C@H]2C(S(=O)(=O)c3ccc(C)cc3)[C@@H]2c2ccccc2)cc1. The Kier molecular flexibility index (Phi) is 7.57. The smallest absolute Gasteiger partial charge is 0.183 e. The zero-order valence-corrected chi connectivity index (χ0v) is 27.1. The molecule has 0 aromatic heterocycles. The Balaban J connectivity index is 1.48. The molecule has 0 heterocycles. The van der Waals surface area contributed by atoms with E-state index in [4.69, 9.17) is 23.2 Å². The summed E-state index contributed by atoms with van der Waals surface area (Å²) in [6.07, 6.45) is 0. The number of hydrogen-bond donors (Lipinski definition) is 0. The maximum absolute atomic E-state index is 14.6. The van der Waals surface area contributed by atoms with Crippen LogP contribution >= 0.6 is 23.2 Å². The molecule has 2 saturated carbocycles. The fourth-order valence-electron chi connectivity index (χ4n) is 6.20. The molecule has 0 spiro atoms. The van der Waals surface area contributed by atoms with Gasteiger partial charge in [0.1, 0.15) is 0 Å². The standard InChI is InChI=1S/C32H28Cl2O6S3/c1-19-11-15-22(16-12-19)41(35,36)29-26(21-7-4-3-5-8-21)30(29)43(39,40)32-28(27-24(33)9-6-10-25(27)34)31(32)42(37,38)23-17-13-20(2)14-18-23/h3-18,26,28-32H,1-2H3/t26-,28+,29?,30+,31?,32-/m0/s1. The second kappa shape index (κ2) is 10.7. The minimum Gasteiger partial charge on any atom is -0.228 e. The van der Waals surface area contributed by atoms with Crippen LogP contribution in [0.3, 0.4) is 0 Å². The minimum absolute atomic E-state index is 0.0202. The van der Waals surface area contributed by atoms with Crippen LogP contribution in [-0.4, -0.2) is 46.3 Å². The van der Waals surface area contributed by atoms with Crippen molar-refractivity contribution in [2.75, 3.05) is 0 Å². The molecule has 6 atom stereocenters. The fourth-order valence-corrected chi connectivity index (χ4v) is 15.5. The van der Waals surface area contributed by atoms with Crippen LogP contribution in [0.15, 0.2) is 107 Å². The molecule has 4 aromatic rings. The van der Waals surface area contributed by atoms with Gasteiger partial charge in [0, 0.05) is 21.9 Å². The van der Waals surface area contributed by atoms with E-state index in [1.807, 2.05) is 13.8 Å². The summed E-state index contributed by atoms with van der Waals surface area (Å²) in [5, 5.41) is -5.17. The minimum atomic E-state index is -4.39. The fraction of sp³-hybridized carbons (Fsp3) is 0.250. The van der Waals surface area contributed by atoms with Crippen molar-refractivity contribution < 1.29 is 25.3 Å². The van der Waals surface area contributed by atoms with Gasteiger partial charge in [-0.3, -0.25) is 0 Å². The van der Waals surface area contributed by atoms with Crippen LogP contribution in [0.1, 0.15) is 34.1 Å². The molecule has 6 rings (SSSR count). The highest BCUT2D eigenvalue weighted by atomic mass is 35.5. The molecule has 0 saturated heterocycles. The van der Waals surface area contributed by atoms with Gasteiger partial charge in [-0.25, -0.2) is 25.3 Å². The third kappa shape index (κ3) is 5.13.